The highest BCUT2D eigenvalue weighted by molar-refractivity contribution is 6.30. The number of nitrogens with one attached hydrogen (secondary N) is 1. The van der Waals surface area contributed by atoms with Gasteiger partial charge in [0.25, 0.3) is 0 Å². The zero-order chi connectivity index (χ0) is 15.4. The first kappa shape index (κ1) is 15.4. The number of rotatable bonds is 4. The van der Waals surface area contributed by atoms with E-state index in [1.807, 2.05) is 38.1 Å². The maximum absolute atomic E-state index is 12.2. The van der Waals surface area contributed by atoms with Crippen LogP contribution in [0.2, 0.25) is 5.02 Å². The van der Waals surface area contributed by atoms with Gasteiger partial charge in [0.1, 0.15) is 12.0 Å². The van der Waals surface area contributed by atoms with E-state index in [9.17, 15) is 4.79 Å². The third-order valence-corrected chi connectivity index (χ3v) is 3.76. The summed E-state index contributed by atoms with van der Waals surface area (Å²) in [4.78, 5) is 13.8. The normalized spacial score (nSPS) is 12.0. The van der Waals surface area contributed by atoms with E-state index in [2.05, 4.69) is 10.5 Å². The molecule has 1 aromatic carbocycles. The quantitative estimate of drug-likeness (QED) is 0.940. The molecule has 1 atom stereocenters. The molecule has 0 aliphatic heterocycles. The molecular formula is C15H18ClN3O2. The van der Waals surface area contributed by atoms with Gasteiger partial charge < -0.3 is 14.7 Å². The number of aryl methyl sites for hydroxylation is 1. The highest BCUT2D eigenvalue weighted by Crippen LogP contribution is 2.20. The van der Waals surface area contributed by atoms with Gasteiger partial charge in [-0.1, -0.05) is 28.9 Å². The molecule has 0 bridgehead atoms. The molecule has 112 valence electrons. The minimum Gasteiger partial charge on any atom is -0.364 e. The van der Waals surface area contributed by atoms with Gasteiger partial charge in [0.15, 0.2) is 0 Å². The van der Waals surface area contributed by atoms with Crippen LogP contribution in [0.15, 0.2) is 35.1 Å². The van der Waals surface area contributed by atoms with Gasteiger partial charge in [-0.15, -0.1) is 0 Å². The summed E-state index contributed by atoms with van der Waals surface area (Å²) in [5.41, 5.74) is 2.68. The summed E-state index contributed by atoms with van der Waals surface area (Å²) in [6, 6.07) is 7.24. The van der Waals surface area contributed by atoms with E-state index in [-0.39, 0.29) is 12.1 Å². The molecular weight excluding hydrogens is 290 g/mol. The minimum atomic E-state index is -0.167. The lowest BCUT2D eigenvalue weighted by molar-refractivity contribution is 0.193. The first-order valence-electron chi connectivity index (χ1n) is 6.65. The topological polar surface area (TPSA) is 58.4 Å². The van der Waals surface area contributed by atoms with E-state index in [0.717, 1.165) is 16.8 Å². The van der Waals surface area contributed by atoms with Crippen LogP contribution in [-0.2, 0) is 6.54 Å². The lowest BCUT2D eigenvalue weighted by atomic mass is 10.1. The number of benzene rings is 1. The molecule has 0 saturated heterocycles. The Bertz CT molecular complexity index is 610. The number of nitrogens with zero attached hydrogens (tertiary/aromatic N) is 2. The zero-order valence-electron chi connectivity index (χ0n) is 12.3. The van der Waals surface area contributed by atoms with Crippen LogP contribution in [0, 0.1) is 6.92 Å². The van der Waals surface area contributed by atoms with Gasteiger partial charge in [-0.05, 0) is 31.5 Å². The Morgan fingerprint density at radius 3 is 2.67 bits per heavy atom. The molecule has 5 nitrogen and oxygen atoms in total. The average molecular weight is 308 g/mol. The summed E-state index contributed by atoms with van der Waals surface area (Å²) in [7, 11) is 1.75. The predicted octanol–water partition coefficient (Wildman–Crippen LogP) is 3.54. The van der Waals surface area contributed by atoms with Crippen molar-refractivity contribution in [1.29, 1.82) is 0 Å². The van der Waals surface area contributed by atoms with E-state index < -0.39 is 0 Å². The lowest BCUT2D eigenvalue weighted by Crippen LogP contribution is -2.38. The molecule has 1 N–H and O–H groups in total. The van der Waals surface area contributed by atoms with Crippen LogP contribution in [0.1, 0.15) is 29.8 Å². The van der Waals surface area contributed by atoms with Gasteiger partial charge in [-0.25, -0.2) is 4.79 Å². The van der Waals surface area contributed by atoms with E-state index in [1.165, 1.54) is 0 Å². The summed E-state index contributed by atoms with van der Waals surface area (Å²) in [5.74, 6) is 0. The van der Waals surface area contributed by atoms with Crippen molar-refractivity contribution >= 4 is 17.6 Å². The second-order valence-corrected chi connectivity index (χ2v) is 5.38. The number of urea groups is 1. The van der Waals surface area contributed by atoms with Crippen LogP contribution in [0.25, 0.3) is 0 Å². The molecule has 0 saturated carbocycles. The third-order valence-electron chi connectivity index (χ3n) is 3.51. The van der Waals surface area contributed by atoms with Crippen LogP contribution in [-0.4, -0.2) is 23.1 Å². The highest BCUT2D eigenvalue weighted by Gasteiger charge is 2.17. The number of amides is 2. The molecule has 1 heterocycles. The Morgan fingerprint density at radius 1 is 1.43 bits per heavy atom. The molecule has 2 aromatic rings. The number of carbonyl (C=O) groups is 1. The molecule has 1 aromatic heterocycles. The van der Waals surface area contributed by atoms with E-state index in [1.54, 1.807) is 18.2 Å². The van der Waals surface area contributed by atoms with E-state index in [0.29, 0.717) is 11.6 Å². The fourth-order valence-electron chi connectivity index (χ4n) is 1.91. The maximum atomic E-state index is 12.2. The highest BCUT2D eigenvalue weighted by atomic mass is 35.5. The van der Waals surface area contributed by atoms with Crippen molar-refractivity contribution in [2.45, 2.75) is 26.4 Å². The second kappa shape index (κ2) is 6.63. The molecule has 2 amide bonds. The van der Waals surface area contributed by atoms with Crippen molar-refractivity contribution in [3.8, 4) is 0 Å². The van der Waals surface area contributed by atoms with Gasteiger partial charge in [-0.3, -0.25) is 0 Å². The number of halogens is 1. The van der Waals surface area contributed by atoms with E-state index >= 15 is 0 Å². The van der Waals surface area contributed by atoms with Gasteiger partial charge in [0.2, 0.25) is 0 Å². The first-order valence-corrected chi connectivity index (χ1v) is 7.03. The summed E-state index contributed by atoms with van der Waals surface area (Å²) in [6.45, 7) is 4.20. The molecule has 0 radical (unpaired) electrons. The Kier molecular flexibility index (Phi) is 4.85. The summed E-state index contributed by atoms with van der Waals surface area (Å²) in [5, 5.41) is 7.34. The Morgan fingerprint density at radius 2 is 2.10 bits per heavy atom. The van der Waals surface area contributed by atoms with Crippen molar-refractivity contribution in [3.63, 3.8) is 0 Å². The van der Waals surface area contributed by atoms with Crippen molar-refractivity contribution in [2.24, 2.45) is 0 Å². The molecule has 2 rings (SSSR count). The Balaban J connectivity index is 1.95. The molecule has 0 aliphatic rings. The van der Waals surface area contributed by atoms with Crippen molar-refractivity contribution in [2.75, 3.05) is 7.05 Å². The molecule has 21 heavy (non-hydrogen) atoms. The molecule has 1 unspecified atom stereocenters. The van der Waals surface area contributed by atoms with Crippen LogP contribution >= 0.6 is 11.6 Å². The van der Waals surface area contributed by atoms with Crippen molar-refractivity contribution in [1.82, 2.24) is 15.4 Å². The van der Waals surface area contributed by atoms with Crippen LogP contribution < -0.4 is 5.32 Å². The van der Waals surface area contributed by atoms with Crippen LogP contribution in [0.3, 0.4) is 0 Å². The molecule has 0 aliphatic carbocycles. The Hall–Kier alpha value is -2.01. The third kappa shape index (κ3) is 3.76. The number of hydrogen-bond acceptors (Lipinski definition) is 3. The van der Waals surface area contributed by atoms with Gasteiger partial charge in [0.05, 0.1) is 12.6 Å². The summed E-state index contributed by atoms with van der Waals surface area (Å²) < 4.78 is 4.84. The van der Waals surface area contributed by atoms with Crippen molar-refractivity contribution in [3.05, 3.63) is 52.4 Å². The largest absolute Gasteiger partial charge is 0.364 e. The summed E-state index contributed by atoms with van der Waals surface area (Å²) in [6.07, 6.45) is 1.56. The molecule has 0 fully saturated rings. The lowest BCUT2D eigenvalue weighted by Gasteiger charge is -2.25. The van der Waals surface area contributed by atoms with Crippen molar-refractivity contribution < 1.29 is 9.32 Å². The van der Waals surface area contributed by atoms with Crippen LogP contribution in [0.5, 0.6) is 0 Å². The fraction of sp³-hybridized carbons (Fsp3) is 0.333. The van der Waals surface area contributed by atoms with Gasteiger partial charge in [-0.2, -0.15) is 0 Å². The standard InChI is InChI=1S/C15H18ClN3O2/c1-10-9-21-18-14(10)8-17-15(20)19(3)11(2)12-4-6-13(16)7-5-12/h4-7,9,11H,8H2,1-3H3,(H,17,20). The summed E-state index contributed by atoms with van der Waals surface area (Å²) >= 11 is 5.87. The number of hydrogen-bond donors (Lipinski definition) is 1. The zero-order valence-corrected chi connectivity index (χ0v) is 13.0. The second-order valence-electron chi connectivity index (χ2n) is 4.94. The van der Waals surface area contributed by atoms with Gasteiger partial charge >= 0.3 is 6.03 Å². The Labute approximate surface area is 128 Å². The maximum Gasteiger partial charge on any atom is 0.317 e. The minimum absolute atomic E-state index is 0.0549. The SMILES string of the molecule is Cc1conc1CNC(=O)N(C)C(C)c1ccc(Cl)cc1. The number of aromatic nitrogens is 1. The predicted molar refractivity (Wildman–Crippen MR) is 81.1 cm³/mol. The first-order chi connectivity index (χ1) is 9.99. The fourth-order valence-corrected chi connectivity index (χ4v) is 2.03. The van der Waals surface area contributed by atoms with Crippen LogP contribution in [0.4, 0.5) is 4.79 Å². The van der Waals surface area contributed by atoms with E-state index in [4.69, 9.17) is 16.1 Å². The molecule has 0 spiro atoms. The smallest absolute Gasteiger partial charge is 0.317 e. The average Bonchev–Trinajstić information content (AvgIpc) is 2.89. The van der Waals surface area contributed by atoms with Gasteiger partial charge in [0, 0.05) is 17.6 Å². The number of carbonyl (C=O) groups excluding carboxylic acids is 1. The monoisotopic (exact) mass is 307 g/mol. The molecule has 6 heteroatoms.